The van der Waals surface area contributed by atoms with Crippen molar-refractivity contribution in [2.75, 3.05) is 34.0 Å². The van der Waals surface area contributed by atoms with Crippen LogP contribution in [0.2, 0.25) is 6.04 Å². The minimum Gasteiger partial charge on any atom is -0.469 e. The Morgan fingerprint density at radius 2 is 1.49 bits per heavy atom. The number of carbonyl (C=O) groups excluding carboxylic acids is 2. The van der Waals surface area contributed by atoms with Gasteiger partial charge in [0.1, 0.15) is 0 Å². The summed E-state index contributed by atoms with van der Waals surface area (Å²) in [5.74, 6) is 4.73. The van der Waals surface area contributed by atoms with Crippen molar-refractivity contribution in [2.45, 2.75) is 111 Å². The Bertz CT molecular complexity index is 2480. The summed E-state index contributed by atoms with van der Waals surface area (Å²) in [7, 11) is 0.00368. The lowest BCUT2D eigenvalue weighted by atomic mass is 9.64. The lowest BCUT2D eigenvalue weighted by Crippen LogP contribution is -2.46. The molecule has 0 radical (unpaired) electrons. The first-order chi connectivity index (χ1) is 30.2. The Kier molecular flexibility index (Phi) is 15.3. The van der Waals surface area contributed by atoms with Crippen LogP contribution >= 0.6 is 0 Å². The van der Waals surface area contributed by atoms with Gasteiger partial charge < -0.3 is 37.6 Å². The van der Waals surface area contributed by atoms with Gasteiger partial charge in [-0.1, -0.05) is 30.4 Å². The fraction of sp³-hybridized carbons (Fsp3) is 0.469. The molecule has 338 valence electrons. The third-order valence-electron chi connectivity index (χ3n) is 12.9. The van der Waals surface area contributed by atoms with Crippen molar-refractivity contribution in [1.82, 2.24) is 19.9 Å². The maximum atomic E-state index is 13.7. The molecule has 5 heterocycles. The Hall–Kier alpha value is -4.96. The molecular weight excluding hydrogens is 815 g/mol. The highest BCUT2D eigenvalue weighted by atomic mass is 28.4. The number of aromatic amines is 2. The van der Waals surface area contributed by atoms with E-state index in [9.17, 15) is 9.59 Å². The van der Waals surface area contributed by atoms with Gasteiger partial charge in [-0.05, 0) is 145 Å². The summed E-state index contributed by atoms with van der Waals surface area (Å²) < 4.78 is 28.8. The minimum atomic E-state index is -2.83. The van der Waals surface area contributed by atoms with Crippen molar-refractivity contribution in [3.63, 3.8) is 0 Å². The molecule has 1 unspecified atom stereocenters. The third kappa shape index (κ3) is 9.47. The summed E-state index contributed by atoms with van der Waals surface area (Å²) in [6.45, 7) is 21.9. The van der Waals surface area contributed by atoms with E-state index in [0.29, 0.717) is 57.2 Å². The van der Waals surface area contributed by atoms with Crippen molar-refractivity contribution in [3.8, 4) is 0 Å². The highest BCUT2D eigenvalue weighted by Gasteiger charge is 2.51. The smallest absolute Gasteiger partial charge is 0.469 e. The predicted molar refractivity (Wildman–Crippen MR) is 251 cm³/mol. The average molecular weight is 880 g/mol. The lowest BCUT2D eigenvalue weighted by Gasteiger charge is -2.36. The maximum Gasteiger partial charge on any atom is 0.500 e. The van der Waals surface area contributed by atoms with Crippen LogP contribution < -0.4 is 5.90 Å². The Labute approximate surface area is 372 Å². The van der Waals surface area contributed by atoms with Crippen LogP contribution in [0, 0.1) is 19.8 Å². The summed E-state index contributed by atoms with van der Waals surface area (Å²) in [6.07, 6.45) is 9.06. The van der Waals surface area contributed by atoms with E-state index in [2.05, 4.69) is 61.6 Å². The molecule has 63 heavy (non-hydrogen) atoms. The first-order valence-electron chi connectivity index (χ1n) is 22.1. The summed E-state index contributed by atoms with van der Waals surface area (Å²) in [6, 6.07) is 8.92. The number of esters is 2. The SMILES string of the molecule is C=Cc1c(C)c2cc3nc(cc4[nH]c(cc5nc(cc1[nH]2)C(C)=C5CCC(CCC[Si](OCC)(OCC)OCC)ON)c(CCC(=O)OC)c4C)[C@@]1(C)C3=CC=C(C)[C@H]1C(=O)OC. The van der Waals surface area contributed by atoms with Crippen LogP contribution in [0.25, 0.3) is 44.9 Å². The van der Waals surface area contributed by atoms with Crippen molar-refractivity contribution < 1.29 is 37.2 Å². The molecule has 8 bridgehead atoms. The topological polar surface area (TPSA) is 173 Å². The van der Waals surface area contributed by atoms with Crippen LogP contribution in [0.3, 0.4) is 0 Å². The molecule has 0 saturated heterocycles. The molecule has 14 heteroatoms. The highest BCUT2D eigenvalue weighted by Crippen LogP contribution is 2.52. The number of nitrogens with two attached hydrogens (primary N) is 1. The monoisotopic (exact) mass is 879 g/mol. The lowest BCUT2D eigenvalue weighted by molar-refractivity contribution is -0.145. The number of allylic oxidation sites excluding steroid dienone is 5. The Morgan fingerprint density at radius 3 is 2.13 bits per heavy atom. The van der Waals surface area contributed by atoms with Gasteiger partial charge in [0, 0.05) is 59.9 Å². The van der Waals surface area contributed by atoms with Crippen molar-refractivity contribution in [1.29, 1.82) is 0 Å². The first kappa shape index (κ1) is 47.5. The molecular formula is C49H65N5O8Si. The van der Waals surface area contributed by atoms with Crippen molar-refractivity contribution >= 4 is 65.6 Å². The first-order valence-corrected chi connectivity index (χ1v) is 24.0. The van der Waals surface area contributed by atoms with Gasteiger partial charge in [-0.25, -0.2) is 10.9 Å². The molecule has 3 atom stereocenters. The van der Waals surface area contributed by atoms with Crippen molar-refractivity contribution in [2.24, 2.45) is 11.8 Å². The largest absolute Gasteiger partial charge is 0.500 e. The predicted octanol–water partition coefficient (Wildman–Crippen LogP) is 9.57. The van der Waals surface area contributed by atoms with E-state index < -0.39 is 20.1 Å². The summed E-state index contributed by atoms with van der Waals surface area (Å²) in [5.41, 5.74) is 13.4. The Balaban J connectivity index is 1.54. The molecule has 0 fully saturated rings. The molecule has 3 aromatic rings. The second-order valence-electron chi connectivity index (χ2n) is 16.6. The van der Waals surface area contributed by atoms with E-state index in [1.165, 1.54) is 14.2 Å². The van der Waals surface area contributed by atoms with Gasteiger partial charge in [0.15, 0.2) is 0 Å². The molecule has 3 aromatic heterocycles. The Morgan fingerprint density at radius 1 is 0.841 bits per heavy atom. The molecule has 3 aliphatic rings. The summed E-state index contributed by atoms with van der Waals surface area (Å²) >= 11 is 0. The number of aromatic nitrogens is 4. The number of nitrogens with one attached hydrogen (secondary N) is 2. The van der Waals surface area contributed by atoms with Gasteiger partial charge in [-0.15, -0.1) is 0 Å². The zero-order valence-electron chi connectivity index (χ0n) is 38.7. The second-order valence-corrected chi connectivity index (χ2v) is 19.3. The molecule has 0 saturated carbocycles. The maximum absolute atomic E-state index is 13.7. The number of fused-ring (bicyclic) bond motifs is 11. The molecule has 0 amide bonds. The van der Waals surface area contributed by atoms with Gasteiger partial charge in [-0.3, -0.25) is 14.6 Å². The fourth-order valence-electron chi connectivity index (χ4n) is 9.53. The molecule has 2 aliphatic heterocycles. The van der Waals surface area contributed by atoms with Gasteiger partial charge in [0.2, 0.25) is 0 Å². The number of nitrogens with zero attached hydrogens (tertiary/aromatic N) is 2. The average Bonchev–Trinajstić information content (AvgIpc) is 3.91. The highest BCUT2D eigenvalue weighted by molar-refractivity contribution is 6.60. The zero-order valence-corrected chi connectivity index (χ0v) is 39.7. The molecule has 4 N–H and O–H groups in total. The molecule has 13 nitrogen and oxygen atoms in total. The van der Waals surface area contributed by atoms with Crippen LogP contribution in [0.1, 0.15) is 119 Å². The van der Waals surface area contributed by atoms with Gasteiger partial charge >= 0.3 is 20.7 Å². The molecule has 6 rings (SSSR count). The van der Waals surface area contributed by atoms with Gasteiger partial charge in [-0.2, -0.15) is 0 Å². The molecule has 1 aliphatic carbocycles. The number of hydrogen-bond acceptors (Lipinski definition) is 11. The van der Waals surface area contributed by atoms with Crippen LogP contribution in [-0.2, 0) is 49.0 Å². The van der Waals surface area contributed by atoms with Crippen LogP contribution in [0.15, 0.2) is 48.6 Å². The number of aryl methyl sites for hydroxylation is 3. The summed E-state index contributed by atoms with van der Waals surface area (Å²) in [4.78, 5) is 49.8. The molecule has 0 aromatic carbocycles. The van der Waals surface area contributed by atoms with Crippen LogP contribution in [0.4, 0.5) is 0 Å². The third-order valence-corrected chi connectivity index (χ3v) is 16.1. The fourth-order valence-corrected chi connectivity index (χ4v) is 12.2. The van der Waals surface area contributed by atoms with E-state index in [4.69, 9.17) is 43.5 Å². The standard InChI is InChI=1S/C49H65N5O8Si/c1-12-34-30(6)39-26-44-37-22-18-29(5)47(48(56)58-11)49(37,9)45(54-44)28-40-32(8)36(21-23-46(55)57-10)43(53-40)27-42-35(31(7)38(52-42)25-41(34)51-39)20-19-33(62-50)17-16-24-63(59-13-2,60-14-3)61-15-4/h12,18,22,25-28,33,47,51,53H,1,13-17,19-21,23-24,50H2,2-11H3/t33?,47-,49+/m0/s1. The van der Waals surface area contributed by atoms with Gasteiger partial charge in [0.25, 0.3) is 0 Å². The van der Waals surface area contributed by atoms with E-state index in [1.54, 1.807) is 0 Å². The van der Waals surface area contributed by atoms with E-state index in [-0.39, 0.29) is 24.5 Å². The van der Waals surface area contributed by atoms with Gasteiger partial charge in [0.05, 0.1) is 54.4 Å². The van der Waals surface area contributed by atoms with Crippen LogP contribution in [-0.4, -0.2) is 80.8 Å². The van der Waals surface area contributed by atoms with E-state index in [0.717, 1.165) is 90.1 Å². The molecule has 0 spiro atoms. The number of ether oxygens (including phenoxy) is 2. The quantitative estimate of drug-likeness (QED) is 0.0595. The number of methoxy groups -OCH3 is 2. The number of rotatable bonds is 19. The van der Waals surface area contributed by atoms with Crippen molar-refractivity contribution in [3.05, 3.63) is 93.6 Å². The number of H-pyrrole nitrogens is 2. The van der Waals surface area contributed by atoms with E-state index >= 15 is 0 Å². The summed E-state index contributed by atoms with van der Waals surface area (Å²) in [5, 5.41) is 0. The number of carbonyl (C=O) groups is 2. The second kappa shape index (κ2) is 20.3. The zero-order chi connectivity index (χ0) is 45.6. The van der Waals surface area contributed by atoms with E-state index in [1.807, 2.05) is 52.8 Å². The van der Waals surface area contributed by atoms with Crippen LogP contribution in [0.5, 0.6) is 0 Å². The number of hydrogen-bond donors (Lipinski definition) is 3. The normalized spacial score (nSPS) is 17.9. The minimum absolute atomic E-state index is 0.190.